The van der Waals surface area contributed by atoms with E-state index in [-0.39, 0.29) is 6.10 Å². The summed E-state index contributed by atoms with van der Waals surface area (Å²) < 4.78 is 5.56. The highest BCUT2D eigenvalue weighted by Crippen LogP contribution is 2.22. The summed E-state index contributed by atoms with van der Waals surface area (Å²) in [5.41, 5.74) is 1.44. The molecule has 0 aliphatic rings. The van der Waals surface area contributed by atoms with Crippen LogP contribution in [0.5, 0.6) is 11.6 Å². The van der Waals surface area contributed by atoms with Crippen molar-refractivity contribution in [3.63, 3.8) is 0 Å². The molecule has 1 atom stereocenters. The minimum atomic E-state index is -0.371. The average Bonchev–Trinajstić information content (AvgIpc) is 2.41. The molecule has 0 aliphatic carbocycles. The third-order valence-corrected chi connectivity index (χ3v) is 2.60. The summed E-state index contributed by atoms with van der Waals surface area (Å²) in [6.45, 7) is 1.74. The Kier molecular flexibility index (Phi) is 4.26. The zero-order valence-corrected chi connectivity index (χ0v) is 10.6. The molecule has 0 aliphatic heterocycles. The third-order valence-electron chi connectivity index (χ3n) is 2.60. The van der Waals surface area contributed by atoms with E-state index in [1.165, 1.54) is 0 Å². The molecule has 0 bridgehead atoms. The molecule has 0 unspecified atom stereocenters. The Balaban J connectivity index is 2.13. The SMILES string of the molecule is C[C@H](O)Cc1ccc(Oc2ncccc2C=O)cc1. The molecule has 1 heterocycles. The number of hydrogen-bond donors (Lipinski definition) is 1. The monoisotopic (exact) mass is 257 g/mol. The molecule has 19 heavy (non-hydrogen) atoms. The number of aliphatic hydroxyl groups is 1. The highest BCUT2D eigenvalue weighted by molar-refractivity contribution is 5.78. The van der Waals surface area contributed by atoms with Gasteiger partial charge < -0.3 is 9.84 Å². The molecule has 4 nitrogen and oxygen atoms in total. The van der Waals surface area contributed by atoms with Crippen LogP contribution in [0.3, 0.4) is 0 Å². The first-order valence-electron chi connectivity index (χ1n) is 6.04. The molecule has 1 aromatic heterocycles. The summed E-state index contributed by atoms with van der Waals surface area (Å²) in [6.07, 6.45) is 2.52. The summed E-state index contributed by atoms with van der Waals surface area (Å²) in [4.78, 5) is 14.9. The van der Waals surface area contributed by atoms with E-state index in [0.29, 0.717) is 29.9 Å². The number of hydrogen-bond acceptors (Lipinski definition) is 4. The highest BCUT2D eigenvalue weighted by atomic mass is 16.5. The fourth-order valence-corrected chi connectivity index (χ4v) is 1.72. The first kappa shape index (κ1) is 13.2. The molecule has 98 valence electrons. The van der Waals surface area contributed by atoms with Crippen molar-refractivity contribution in [2.75, 3.05) is 0 Å². The summed E-state index contributed by atoms with van der Waals surface area (Å²) in [5, 5.41) is 9.30. The summed E-state index contributed by atoms with van der Waals surface area (Å²) >= 11 is 0. The van der Waals surface area contributed by atoms with E-state index < -0.39 is 0 Å². The van der Waals surface area contributed by atoms with Crippen molar-refractivity contribution in [1.82, 2.24) is 4.98 Å². The van der Waals surface area contributed by atoms with Gasteiger partial charge in [0.25, 0.3) is 0 Å². The van der Waals surface area contributed by atoms with Crippen LogP contribution in [0.15, 0.2) is 42.6 Å². The molecular formula is C15H15NO3. The number of benzene rings is 1. The number of aldehydes is 1. The molecule has 2 aromatic rings. The number of ether oxygens (including phenoxy) is 1. The van der Waals surface area contributed by atoms with Crippen molar-refractivity contribution in [3.8, 4) is 11.6 Å². The Labute approximate surface area is 111 Å². The van der Waals surface area contributed by atoms with Crippen LogP contribution in [0, 0.1) is 0 Å². The first-order valence-corrected chi connectivity index (χ1v) is 6.04. The van der Waals surface area contributed by atoms with Gasteiger partial charge in [-0.15, -0.1) is 0 Å². The number of rotatable bonds is 5. The van der Waals surface area contributed by atoms with Crippen LogP contribution in [0.4, 0.5) is 0 Å². The van der Waals surface area contributed by atoms with Gasteiger partial charge in [0.15, 0.2) is 6.29 Å². The molecule has 0 amide bonds. The smallest absolute Gasteiger partial charge is 0.229 e. The van der Waals surface area contributed by atoms with Gasteiger partial charge in [0.2, 0.25) is 5.88 Å². The van der Waals surface area contributed by atoms with E-state index in [2.05, 4.69) is 4.98 Å². The average molecular weight is 257 g/mol. The third kappa shape index (κ3) is 3.63. The Morgan fingerprint density at radius 2 is 2.05 bits per heavy atom. The normalized spacial score (nSPS) is 11.9. The van der Waals surface area contributed by atoms with Gasteiger partial charge in [-0.05, 0) is 43.2 Å². The number of aromatic nitrogens is 1. The Morgan fingerprint density at radius 1 is 1.32 bits per heavy atom. The Bertz CT molecular complexity index is 550. The van der Waals surface area contributed by atoms with Gasteiger partial charge in [0.1, 0.15) is 5.75 Å². The van der Waals surface area contributed by atoms with Gasteiger partial charge >= 0.3 is 0 Å². The first-order chi connectivity index (χ1) is 9.19. The largest absolute Gasteiger partial charge is 0.438 e. The van der Waals surface area contributed by atoms with Crippen LogP contribution < -0.4 is 4.74 Å². The fourth-order valence-electron chi connectivity index (χ4n) is 1.72. The fraction of sp³-hybridized carbons (Fsp3) is 0.200. The minimum Gasteiger partial charge on any atom is -0.438 e. The van der Waals surface area contributed by atoms with Gasteiger partial charge in [-0.1, -0.05) is 12.1 Å². The molecule has 1 aromatic carbocycles. The number of carbonyl (C=O) groups is 1. The van der Waals surface area contributed by atoms with Gasteiger partial charge in [0, 0.05) is 6.20 Å². The lowest BCUT2D eigenvalue weighted by Crippen LogP contribution is -2.03. The quantitative estimate of drug-likeness (QED) is 0.836. The Morgan fingerprint density at radius 3 is 2.68 bits per heavy atom. The summed E-state index contributed by atoms with van der Waals surface area (Å²) in [7, 11) is 0. The van der Waals surface area contributed by atoms with Crippen LogP contribution in [0.2, 0.25) is 0 Å². The van der Waals surface area contributed by atoms with Crippen molar-refractivity contribution in [2.24, 2.45) is 0 Å². The molecule has 2 rings (SSSR count). The lowest BCUT2D eigenvalue weighted by molar-refractivity contribution is 0.112. The van der Waals surface area contributed by atoms with Crippen molar-refractivity contribution < 1.29 is 14.6 Å². The number of aliphatic hydroxyl groups excluding tert-OH is 1. The summed E-state index contributed by atoms with van der Waals surface area (Å²) in [6, 6.07) is 10.7. The summed E-state index contributed by atoms with van der Waals surface area (Å²) in [5.74, 6) is 0.900. The topological polar surface area (TPSA) is 59.4 Å². The molecule has 0 fully saturated rings. The van der Waals surface area contributed by atoms with E-state index in [0.717, 1.165) is 5.56 Å². The molecule has 1 N–H and O–H groups in total. The van der Waals surface area contributed by atoms with Gasteiger partial charge in [0.05, 0.1) is 11.7 Å². The highest BCUT2D eigenvalue weighted by Gasteiger charge is 2.05. The molecular weight excluding hydrogens is 242 g/mol. The van der Waals surface area contributed by atoms with Crippen LogP contribution >= 0.6 is 0 Å². The van der Waals surface area contributed by atoms with E-state index in [1.807, 2.05) is 12.1 Å². The van der Waals surface area contributed by atoms with Crippen molar-refractivity contribution in [3.05, 3.63) is 53.7 Å². The van der Waals surface area contributed by atoms with E-state index in [1.54, 1.807) is 37.4 Å². The molecule has 4 heteroatoms. The van der Waals surface area contributed by atoms with Crippen LogP contribution in [-0.4, -0.2) is 22.5 Å². The molecule has 0 saturated heterocycles. The predicted molar refractivity (Wildman–Crippen MR) is 71.5 cm³/mol. The van der Waals surface area contributed by atoms with Gasteiger partial charge in [-0.3, -0.25) is 4.79 Å². The van der Waals surface area contributed by atoms with E-state index in [4.69, 9.17) is 4.74 Å². The maximum Gasteiger partial charge on any atom is 0.229 e. The van der Waals surface area contributed by atoms with E-state index in [9.17, 15) is 9.90 Å². The van der Waals surface area contributed by atoms with E-state index >= 15 is 0 Å². The standard InChI is InChI=1S/C15H15NO3/c1-11(18)9-12-4-6-14(7-5-12)19-15-13(10-17)3-2-8-16-15/h2-8,10-11,18H,9H2,1H3/t11-/m0/s1. The molecule has 0 radical (unpaired) electrons. The van der Waals surface area contributed by atoms with Gasteiger partial charge in [-0.25, -0.2) is 4.98 Å². The zero-order valence-electron chi connectivity index (χ0n) is 10.6. The second-order valence-electron chi connectivity index (χ2n) is 4.31. The lowest BCUT2D eigenvalue weighted by atomic mass is 10.1. The second-order valence-corrected chi connectivity index (χ2v) is 4.31. The number of pyridine rings is 1. The van der Waals surface area contributed by atoms with Crippen LogP contribution in [0.25, 0.3) is 0 Å². The molecule has 0 spiro atoms. The number of nitrogens with zero attached hydrogens (tertiary/aromatic N) is 1. The molecule has 0 saturated carbocycles. The Hall–Kier alpha value is -2.20. The lowest BCUT2D eigenvalue weighted by Gasteiger charge is -2.08. The maximum absolute atomic E-state index is 10.8. The predicted octanol–water partition coefficient (Wildman–Crippen LogP) is 2.61. The van der Waals surface area contributed by atoms with Crippen molar-refractivity contribution >= 4 is 6.29 Å². The number of carbonyl (C=O) groups excluding carboxylic acids is 1. The second kappa shape index (κ2) is 6.11. The van der Waals surface area contributed by atoms with Crippen LogP contribution in [-0.2, 0) is 6.42 Å². The minimum absolute atomic E-state index is 0.292. The zero-order chi connectivity index (χ0) is 13.7. The van der Waals surface area contributed by atoms with Crippen LogP contribution in [0.1, 0.15) is 22.8 Å². The van der Waals surface area contributed by atoms with Crippen molar-refractivity contribution in [2.45, 2.75) is 19.4 Å². The maximum atomic E-state index is 10.8. The van der Waals surface area contributed by atoms with Crippen molar-refractivity contribution in [1.29, 1.82) is 0 Å². The van der Waals surface area contributed by atoms with Gasteiger partial charge in [-0.2, -0.15) is 0 Å².